The van der Waals surface area contributed by atoms with E-state index in [1.54, 1.807) is 13.8 Å². The van der Waals surface area contributed by atoms with E-state index in [-0.39, 0.29) is 29.2 Å². The molecule has 1 N–H and O–H groups in total. The summed E-state index contributed by atoms with van der Waals surface area (Å²) in [5, 5.41) is 24.8. The molecule has 0 bridgehead atoms. The molecule has 2 rings (SSSR count). The van der Waals surface area contributed by atoms with Gasteiger partial charge in [-0.25, -0.2) is 4.98 Å². The minimum absolute atomic E-state index is 0.110. The van der Waals surface area contributed by atoms with Crippen LogP contribution in [0.25, 0.3) is 0 Å². The highest BCUT2D eigenvalue weighted by atomic mass is 16.6. The Labute approximate surface area is 130 Å². The van der Waals surface area contributed by atoms with Gasteiger partial charge >= 0.3 is 5.69 Å². The first-order chi connectivity index (χ1) is 10.9. The van der Waals surface area contributed by atoms with Crippen molar-refractivity contribution in [1.29, 1.82) is 0 Å². The van der Waals surface area contributed by atoms with Crippen LogP contribution in [0.3, 0.4) is 0 Å². The number of hydrogen-bond donors (Lipinski definition) is 1. The third kappa shape index (κ3) is 3.87. The van der Waals surface area contributed by atoms with Crippen LogP contribution in [-0.2, 0) is 0 Å². The molecule has 23 heavy (non-hydrogen) atoms. The summed E-state index contributed by atoms with van der Waals surface area (Å²) < 4.78 is 5.31. The van der Waals surface area contributed by atoms with Gasteiger partial charge in [-0.2, -0.15) is 4.98 Å². The molecule has 0 aliphatic heterocycles. The van der Waals surface area contributed by atoms with Crippen LogP contribution in [0.15, 0.2) is 30.6 Å². The van der Waals surface area contributed by atoms with Gasteiger partial charge in [0.05, 0.1) is 16.0 Å². The van der Waals surface area contributed by atoms with Crippen LogP contribution >= 0.6 is 0 Å². The molecule has 1 aromatic heterocycles. The Morgan fingerprint density at radius 1 is 1.17 bits per heavy atom. The highest BCUT2D eigenvalue weighted by Gasteiger charge is 2.25. The van der Waals surface area contributed by atoms with Crippen molar-refractivity contribution in [2.45, 2.75) is 20.0 Å². The molecule has 0 amide bonds. The minimum atomic E-state index is -0.669. The molecule has 10 nitrogen and oxygen atoms in total. The molecular formula is C13H13N5O5. The monoisotopic (exact) mass is 319 g/mol. The van der Waals surface area contributed by atoms with E-state index in [9.17, 15) is 20.2 Å². The van der Waals surface area contributed by atoms with Gasteiger partial charge in [-0.15, -0.1) is 0 Å². The number of benzene rings is 1. The smallest absolute Gasteiger partial charge is 0.373 e. The lowest BCUT2D eigenvalue weighted by Crippen LogP contribution is -2.11. The average molecular weight is 319 g/mol. The molecule has 0 saturated carbocycles. The van der Waals surface area contributed by atoms with Crippen molar-refractivity contribution in [3.63, 3.8) is 0 Å². The Hall–Kier alpha value is -3.30. The maximum Gasteiger partial charge on any atom is 0.373 e. The molecular weight excluding hydrogens is 306 g/mol. The summed E-state index contributed by atoms with van der Waals surface area (Å²) in [5.41, 5.74) is -0.297. The second-order valence-corrected chi connectivity index (χ2v) is 4.73. The van der Waals surface area contributed by atoms with E-state index in [1.807, 2.05) is 0 Å². The molecule has 120 valence electrons. The molecule has 1 heterocycles. The molecule has 2 aromatic rings. The predicted octanol–water partition coefficient (Wildman–Crippen LogP) is 2.82. The van der Waals surface area contributed by atoms with E-state index in [4.69, 9.17) is 4.74 Å². The number of hydrogen-bond acceptors (Lipinski definition) is 8. The zero-order valence-electron chi connectivity index (χ0n) is 12.3. The summed E-state index contributed by atoms with van der Waals surface area (Å²) in [7, 11) is 0. The Morgan fingerprint density at radius 2 is 1.91 bits per heavy atom. The van der Waals surface area contributed by atoms with Gasteiger partial charge in [0.1, 0.15) is 6.33 Å². The summed E-state index contributed by atoms with van der Waals surface area (Å²) in [6.45, 7) is 3.42. The van der Waals surface area contributed by atoms with Gasteiger partial charge in [0.15, 0.2) is 0 Å². The first kappa shape index (κ1) is 16.1. The van der Waals surface area contributed by atoms with Gasteiger partial charge in [-0.05, 0) is 19.9 Å². The molecule has 1 aromatic carbocycles. The largest absolute Gasteiger partial charge is 0.470 e. The standard InChI is InChI=1S/C13H13N5O5/c1-8(2)23-13-11(18(21)22)12(14-7-15-13)16-9-4-3-5-10(6-9)17(19)20/h3-8H,1-2H3,(H,14,15,16). The lowest BCUT2D eigenvalue weighted by Gasteiger charge is -2.11. The topological polar surface area (TPSA) is 133 Å². The summed E-state index contributed by atoms with van der Waals surface area (Å²) in [4.78, 5) is 28.4. The third-order valence-corrected chi connectivity index (χ3v) is 2.64. The van der Waals surface area contributed by atoms with Gasteiger partial charge in [0, 0.05) is 17.8 Å². The van der Waals surface area contributed by atoms with Crippen LogP contribution in [0.4, 0.5) is 22.9 Å². The number of nitro benzene ring substituents is 1. The average Bonchev–Trinajstić information content (AvgIpc) is 2.46. The SMILES string of the molecule is CC(C)Oc1ncnc(Nc2cccc([N+](=O)[O-])c2)c1[N+](=O)[O-]. The lowest BCUT2D eigenvalue weighted by molar-refractivity contribution is -0.385. The van der Waals surface area contributed by atoms with Crippen LogP contribution in [0.5, 0.6) is 5.88 Å². The molecule has 0 fully saturated rings. The van der Waals surface area contributed by atoms with Crippen molar-refractivity contribution < 1.29 is 14.6 Å². The highest BCUT2D eigenvalue weighted by molar-refractivity contribution is 5.69. The normalized spacial score (nSPS) is 10.4. The first-order valence-electron chi connectivity index (χ1n) is 6.56. The van der Waals surface area contributed by atoms with Crippen LogP contribution in [-0.4, -0.2) is 25.9 Å². The Bertz CT molecular complexity index is 749. The van der Waals surface area contributed by atoms with E-state index < -0.39 is 15.5 Å². The van der Waals surface area contributed by atoms with Crippen molar-refractivity contribution >= 4 is 22.9 Å². The fourth-order valence-electron chi connectivity index (χ4n) is 1.76. The predicted molar refractivity (Wildman–Crippen MR) is 80.8 cm³/mol. The minimum Gasteiger partial charge on any atom is -0.470 e. The van der Waals surface area contributed by atoms with Crippen LogP contribution < -0.4 is 10.1 Å². The molecule has 0 atom stereocenters. The fourth-order valence-corrected chi connectivity index (χ4v) is 1.76. The molecule has 0 aliphatic rings. The van der Waals surface area contributed by atoms with E-state index in [1.165, 1.54) is 24.3 Å². The lowest BCUT2D eigenvalue weighted by atomic mass is 10.3. The number of nitrogens with one attached hydrogen (secondary N) is 1. The van der Waals surface area contributed by atoms with Gasteiger partial charge in [-0.1, -0.05) is 6.07 Å². The number of nitro groups is 2. The molecule has 0 radical (unpaired) electrons. The highest BCUT2D eigenvalue weighted by Crippen LogP contribution is 2.33. The zero-order chi connectivity index (χ0) is 17.0. The molecule has 0 spiro atoms. The fraction of sp³-hybridized carbons (Fsp3) is 0.231. The summed E-state index contributed by atoms with van der Waals surface area (Å²) in [5.74, 6) is -0.283. The van der Waals surface area contributed by atoms with Gasteiger partial charge < -0.3 is 10.1 Å². The Balaban J connectivity index is 2.41. The van der Waals surface area contributed by atoms with E-state index in [2.05, 4.69) is 15.3 Å². The first-order valence-corrected chi connectivity index (χ1v) is 6.56. The molecule has 0 aliphatic carbocycles. The summed E-state index contributed by atoms with van der Waals surface area (Å²) in [6.07, 6.45) is 0.805. The molecule has 0 saturated heterocycles. The number of aromatic nitrogens is 2. The zero-order valence-corrected chi connectivity index (χ0v) is 12.3. The van der Waals surface area contributed by atoms with Crippen LogP contribution in [0, 0.1) is 20.2 Å². The number of rotatable bonds is 6. The van der Waals surface area contributed by atoms with Crippen molar-refractivity contribution in [2.75, 3.05) is 5.32 Å². The molecule has 0 unspecified atom stereocenters. The second-order valence-electron chi connectivity index (χ2n) is 4.73. The van der Waals surface area contributed by atoms with Gasteiger partial charge in [0.25, 0.3) is 11.6 Å². The van der Waals surface area contributed by atoms with Gasteiger partial charge in [-0.3, -0.25) is 20.2 Å². The van der Waals surface area contributed by atoms with Crippen molar-refractivity contribution in [3.05, 3.63) is 50.8 Å². The van der Waals surface area contributed by atoms with E-state index >= 15 is 0 Å². The van der Waals surface area contributed by atoms with Crippen molar-refractivity contribution in [3.8, 4) is 5.88 Å². The summed E-state index contributed by atoms with van der Waals surface area (Å²) >= 11 is 0. The van der Waals surface area contributed by atoms with Crippen LogP contribution in [0.2, 0.25) is 0 Å². The Morgan fingerprint density at radius 3 is 2.52 bits per heavy atom. The number of non-ortho nitro benzene ring substituents is 1. The number of ether oxygens (including phenoxy) is 1. The second kappa shape index (κ2) is 6.64. The third-order valence-electron chi connectivity index (χ3n) is 2.64. The van der Waals surface area contributed by atoms with Crippen molar-refractivity contribution in [2.24, 2.45) is 0 Å². The van der Waals surface area contributed by atoms with Crippen molar-refractivity contribution in [1.82, 2.24) is 9.97 Å². The quantitative estimate of drug-likeness (QED) is 0.634. The van der Waals surface area contributed by atoms with Gasteiger partial charge in [0.2, 0.25) is 5.82 Å². The number of anilines is 2. The number of nitrogens with zero attached hydrogens (tertiary/aromatic N) is 4. The van der Waals surface area contributed by atoms with Crippen LogP contribution in [0.1, 0.15) is 13.8 Å². The maximum absolute atomic E-state index is 11.3. The molecule has 10 heteroatoms. The van der Waals surface area contributed by atoms with E-state index in [0.717, 1.165) is 6.33 Å². The van der Waals surface area contributed by atoms with E-state index in [0.29, 0.717) is 0 Å². The Kier molecular flexibility index (Phi) is 4.64. The summed E-state index contributed by atoms with van der Waals surface area (Å²) in [6, 6.07) is 5.54. The maximum atomic E-state index is 11.3.